The van der Waals surface area contributed by atoms with Crippen molar-refractivity contribution < 1.29 is 9.53 Å². The first-order chi connectivity index (χ1) is 11.4. The highest BCUT2D eigenvalue weighted by molar-refractivity contribution is 5.76. The smallest absolute Gasteiger partial charge is 0.223 e. The Bertz CT molecular complexity index is 529. The first-order valence-corrected chi connectivity index (χ1v) is 9.00. The van der Waals surface area contributed by atoms with Gasteiger partial charge in [0.25, 0.3) is 0 Å². The molecular weight excluding hydrogens is 300 g/mol. The van der Waals surface area contributed by atoms with Gasteiger partial charge < -0.3 is 9.64 Å². The minimum absolute atomic E-state index is 0.0744. The summed E-state index contributed by atoms with van der Waals surface area (Å²) in [5.41, 5.74) is 1.40. The Kier molecular flexibility index (Phi) is 6.67. The molecule has 1 fully saturated rings. The average Bonchev–Trinajstić information content (AvgIpc) is 2.54. The van der Waals surface area contributed by atoms with Gasteiger partial charge in [-0.25, -0.2) is 0 Å². The highest BCUT2D eigenvalue weighted by Crippen LogP contribution is 2.20. The fraction of sp³-hybridized carbons (Fsp3) is 0.650. The molecule has 1 aromatic carbocycles. The highest BCUT2D eigenvalue weighted by Gasteiger charge is 2.24. The molecule has 0 N–H and O–H groups in total. The van der Waals surface area contributed by atoms with E-state index in [1.165, 1.54) is 5.56 Å². The number of amides is 1. The monoisotopic (exact) mass is 332 g/mol. The molecule has 0 unspecified atom stereocenters. The van der Waals surface area contributed by atoms with Crippen LogP contribution < -0.4 is 4.74 Å². The highest BCUT2D eigenvalue weighted by atomic mass is 16.5. The second-order valence-electron chi connectivity index (χ2n) is 7.91. The van der Waals surface area contributed by atoms with Gasteiger partial charge in [-0.1, -0.05) is 32.9 Å². The van der Waals surface area contributed by atoms with Gasteiger partial charge in [-0.05, 0) is 42.5 Å². The number of aryl methyl sites for hydroxylation is 1. The van der Waals surface area contributed by atoms with Gasteiger partial charge in [0.2, 0.25) is 5.91 Å². The Labute approximate surface area is 146 Å². The van der Waals surface area contributed by atoms with E-state index in [1.54, 1.807) is 7.11 Å². The molecule has 134 valence electrons. The molecule has 0 saturated carbocycles. The molecule has 0 aromatic heterocycles. The van der Waals surface area contributed by atoms with Gasteiger partial charge in [0.15, 0.2) is 0 Å². The molecule has 2 rings (SSSR count). The predicted octanol–water partition coefficient (Wildman–Crippen LogP) is 3.21. The Morgan fingerprint density at radius 3 is 2.50 bits per heavy atom. The molecule has 4 heteroatoms. The van der Waals surface area contributed by atoms with E-state index in [2.05, 4.69) is 37.8 Å². The molecule has 1 aliphatic heterocycles. The summed E-state index contributed by atoms with van der Waals surface area (Å²) in [5, 5.41) is 0. The number of ether oxygens (including phenoxy) is 1. The molecule has 0 aliphatic carbocycles. The molecule has 1 saturated heterocycles. The second-order valence-corrected chi connectivity index (χ2v) is 7.91. The lowest BCUT2D eigenvalue weighted by molar-refractivity contribution is -0.134. The predicted molar refractivity (Wildman–Crippen MR) is 98.4 cm³/mol. The number of carbonyl (C=O) groups excluding carboxylic acids is 1. The van der Waals surface area contributed by atoms with E-state index in [1.807, 2.05) is 17.0 Å². The van der Waals surface area contributed by atoms with Crippen molar-refractivity contribution in [3.63, 3.8) is 0 Å². The van der Waals surface area contributed by atoms with Crippen LogP contribution in [0.5, 0.6) is 5.75 Å². The Balaban J connectivity index is 1.68. The van der Waals surface area contributed by atoms with Crippen LogP contribution in [0.25, 0.3) is 0 Å². The molecule has 0 spiro atoms. The van der Waals surface area contributed by atoms with Gasteiger partial charge in [0, 0.05) is 32.6 Å². The largest absolute Gasteiger partial charge is 0.497 e. The molecule has 24 heavy (non-hydrogen) atoms. The number of piperazine rings is 1. The topological polar surface area (TPSA) is 32.8 Å². The van der Waals surface area contributed by atoms with Crippen LogP contribution in [-0.4, -0.2) is 55.5 Å². The third kappa shape index (κ3) is 6.16. The lowest BCUT2D eigenvalue weighted by atomic mass is 9.91. The van der Waals surface area contributed by atoms with Gasteiger partial charge in [-0.15, -0.1) is 0 Å². The standard InChI is InChI=1S/C20H32N2O2/c1-20(2,3)16-19(23)22-13-11-21(12-14-22)10-6-8-17-7-5-9-18(15-17)24-4/h5,7,9,15H,6,8,10-14,16H2,1-4H3. The summed E-state index contributed by atoms with van der Waals surface area (Å²) in [6, 6.07) is 8.31. The number of hydrogen-bond donors (Lipinski definition) is 0. The number of nitrogens with zero attached hydrogens (tertiary/aromatic N) is 2. The molecule has 4 nitrogen and oxygen atoms in total. The van der Waals surface area contributed by atoms with E-state index < -0.39 is 0 Å². The van der Waals surface area contributed by atoms with Crippen molar-refractivity contribution in [3.8, 4) is 5.75 Å². The lowest BCUT2D eigenvalue weighted by Gasteiger charge is -2.36. The van der Waals surface area contributed by atoms with Crippen molar-refractivity contribution in [2.75, 3.05) is 39.8 Å². The summed E-state index contributed by atoms with van der Waals surface area (Å²) in [5.74, 6) is 1.23. The third-order valence-corrected chi connectivity index (χ3v) is 4.48. The minimum atomic E-state index is 0.0744. The van der Waals surface area contributed by atoms with Crippen LogP contribution in [0.1, 0.15) is 39.2 Å². The van der Waals surface area contributed by atoms with E-state index in [4.69, 9.17) is 4.74 Å². The maximum Gasteiger partial charge on any atom is 0.223 e. The average molecular weight is 332 g/mol. The molecular formula is C20H32N2O2. The fourth-order valence-electron chi connectivity index (χ4n) is 3.12. The number of hydrogen-bond acceptors (Lipinski definition) is 3. The quantitative estimate of drug-likeness (QED) is 0.802. The third-order valence-electron chi connectivity index (χ3n) is 4.48. The lowest BCUT2D eigenvalue weighted by Crippen LogP contribution is -2.49. The molecule has 1 heterocycles. The van der Waals surface area contributed by atoms with Crippen LogP contribution in [0.2, 0.25) is 0 Å². The normalized spacial score (nSPS) is 16.2. The maximum atomic E-state index is 12.3. The number of benzene rings is 1. The number of rotatable bonds is 6. The Morgan fingerprint density at radius 1 is 1.17 bits per heavy atom. The molecule has 1 amide bonds. The fourth-order valence-corrected chi connectivity index (χ4v) is 3.12. The van der Waals surface area contributed by atoms with Gasteiger partial charge in [-0.2, -0.15) is 0 Å². The van der Waals surface area contributed by atoms with Gasteiger partial charge in [0.1, 0.15) is 5.75 Å². The Morgan fingerprint density at radius 2 is 1.88 bits per heavy atom. The van der Waals surface area contributed by atoms with Crippen molar-refractivity contribution in [3.05, 3.63) is 29.8 Å². The van der Waals surface area contributed by atoms with Crippen LogP contribution in [0.3, 0.4) is 0 Å². The van der Waals surface area contributed by atoms with Crippen molar-refractivity contribution in [2.45, 2.75) is 40.0 Å². The van der Waals surface area contributed by atoms with Crippen molar-refractivity contribution in [2.24, 2.45) is 5.41 Å². The number of methoxy groups -OCH3 is 1. The maximum absolute atomic E-state index is 12.3. The first kappa shape index (κ1) is 18.8. The SMILES string of the molecule is COc1cccc(CCCN2CCN(C(=O)CC(C)(C)C)CC2)c1. The van der Waals surface area contributed by atoms with E-state index >= 15 is 0 Å². The van der Waals surface area contributed by atoms with Crippen molar-refractivity contribution in [1.29, 1.82) is 0 Å². The summed E-state index contributed by atoms with van der Waals surface area (Å²) < 4.78 is 5.27. The van der Waals surface area contributed by atoms with E-state index in [-0.39, 0.29) is 5.41 Å². The molecule has 0 bridgehead atoms. The van der Waals surface area contributed by atoms with Crippen LogP contribution >= 0.6 is 0 Å². The summed E-state index contributed by atoms with van der Waals surface area (Å²) in [4.78, 5) is 16.8. The van der Waals surface area contributed by atoms with Crippen LogP contribution in [0, 0.1) is 5.41 Å². The zero-order chi connectivity index (χ0) is 17.6. The molecule has 0 atom stereocenters. The van der Waals surface area contributed by atoms with Gasteiger partial charge in [-0.3, -0.25) is 9.69 Å². The van der Waals surface area contributed by atoms with E-state index in [0.717, 1.165) is 51.3 Å². The Hall–Kier alpha value is -1.55. The van der Waals surface area contributed by atoms with Crippen LogP contribution in [0.15, 0.2) is 24.3 Å². The summed E-state index contributed by atoms with van der Waals surface area (Å²) in [7, 11) is 1.71. The molecule has 1 aromatic rings. The van der Waals surface area contributed by atoms with Crippen LogP contribution in [0.4, 0.5) is 0 Å². The number of carbonyl (C=O) groups is 1. The summed E-state index contributed by atoms with van der Waals surface area (Å²) in [6.07, 6.45) is 2.85. The van der Waals surface area contributed by atoms with Gasteiger partial charge in [0.05, 0.1) is 7.11 Å². The first-order valence-electron chi connectivity index (χ1n) is 9.00. The van der Waals surface area contributed by atoms with Crippen LogP contribution in [-0.2, 0) is 11.2 Å². The minimum Gasteiger partial charge on any atom is -0.497 e. The van der Waals surface area contributed by atoms with E-state index in [9.17, 15) is 4.79 Å². The van der Waals surface area contributed by atoms with Crippen molar-refractivity contribution in [1.82, 2.24) is 9.80 Å². The van der Waals surface area contributed by atoms with Crippen molar-refractivity contribution >= 4 is 5.91 Å². The molecule has 1 aliphatic rings. The molecule has 0 radical (unpaired) electrons. The zero-order valence-corrected chi connectivity index (χ0v) is 15.7. The van der Waals surface area contributed by atoms with Gasteiger partial charge >= 0.3 is 0 Å². The summed E-state index contributed by atoms with van der Waals surface area (Å²) >= 11 is 0. The second kappa shape index (κ2) is 8.52. The zero-order valence-electron chi connectivity index (χ0n) is 15.7. The van der Waals surface area contributed by atoms with E-state index in [0.29, 0.717) is 12.3 Å². The summed E-state index contributed by atoms with van der Waals surface area (Å²) in [6.45, 7) is 11.2.